The van der Waals surface area contributed by atoms with Crippen molar-refractivity contribution in [1.82, 2.24) is 4.49 Å². The predicted octanol–water partition coefficient (Wildman–Crippen LogP) is 1.01. The van der Waals surface area contributed by atoms with Gasteiger partial charge in [0.2, 0.25) is 6.20 Å². The molecule has 3 heteroatoms. The van der Waals surface area contributed by atoms with Gasteiger partial charge in [0.1, 0.15) is 0 Å². The average molecular weight is 129 g/mol. The van der Waals surface area contributed by atoms with Gasteiger partial charge in [0.15, 0.2) is 6.04 Å². The molecule has 1 aromatic rings. The van der Waals surface area contributed by atoms with Crippen LogP contribution in [0.15, 0.2) is 11.6 Å². The van der Waals surface area contributed by atoms with Crippen molar-refractivity contribution in [1.29, 1.82) is 0 Å². The Hall–Kier alpha value is -0.440. The second-order valence-corrected chi connectivity index (χ2v) is 2.59. The zero-order valence-electron chi connectivity index (χ0n) is 5.03. The van der Waals surface area contributed by atoms with E-state index in [-0.39, 0.29) is 0 Å². The Kier molecular flexibility index (Phi) is 1.58. The maximum absolute atomic E-state index is 4.07. The molecule has 1 rings (SSSR count). The lowest BCUT2D eigenvalue weighted by molar-refractivity contribution is -0.764. The fourth-order valence-corrected chi connectivity index (χ4v) is 1.05. The zero-order valence-corrected chi connectivity index (χ0v) is 5.85. The highest BCUT2D eigenvalue weighted by atomic mass is 32.1. The van der Waals surface area contributed by atoms with Gasteiger partial charge in [-0.3, -0.25) is 0 Å². The van der Waals surface area contributed by atoms with E-state index in [1.54, 1.807) is 0 Å². The fourth-order valence-electron chi connectivity index (χ4n) is 0.465. The minimum atomic E-state index is 0.501. The van der Waals surface area contributed by atoms with Crippen LogP contribution in [0.25, 0.3) is 0 Å². The summed E-state index contributed by atoms with van der Waals surface area (Å²) in [4.78, 5) is 0. The number of rotatable bonds is 1. The minimum absolute atomic E-state index is 0.501. The van der Waals surface area contributed by atoms with Crippen molar-refractivity contribution in [2.75, 3.05) is 0 Å². The molecular weight excluding hydrogens is 120 g/mol. The van der Waals surface area contributed by atoms with Crippen LogP contribution in [0.1, 0.15) is 19.9 Å². The summed E-state index contributed by atoms with van der Waals surface area (Å²) >= 11 is 1.48. The Morgan fingerprint density at radius 1 is 1.62 bits per heavy atom. The fraction of sp³-hybridized carbons (Fsp3) is 0.600. The van der Waals surface area contributed by atoms with Crippen molar-refractivity contribution in [2.45, 2.75) is 19.9 Å². The molecule has 0 radical (unpaired) electrons. The molecule has 0 saturated heterocycles. The van der Waals surface area contributed by atoms with Crippen LogP contribution in [0.5, 0.6) is 0 Å². The molecule has 1 aromatic heterocycles. The summed E-state index contributed by atoms with van der Waals surface area (Å²) in [5.74, 6) is 0. The monoisotopic (exact) mass is 129 g/mol. The third-order valence-corrected chi connectivity index (χ3v) is 1.47. The van der Waals surface area contributed by atoms with Gasteiger partial charge in [0.25, 0.3) is 0 Å². The van der Waals surface area contributed by atoms with Gasteiger partial charge in [-0.1, -0.05) is 4.68 Å². The summed E-state index contributed by atoms with van der Waals surface area (Å²) in [6, 6.07) is 0.501. The van der Waals surface area contributed by atoms with Crippen LogP contribution in [0, 0.1) is 0 Å². The van der Waals surface area contributed by atoms with Crippen LogP contribution in [-0.4, -0.2) is 4.49 Å². The first kappa shape index (κ1) is 5.69. The summed E-state index contributed by atoms with van der Waals surface area (Å²) in [5.41, 5.74) is 0. The van der Waals surface area contributed by atoms with Crippen LogP contribution >= 0.6 is 11.5 Å². The number of hydrogen-bond donors (Lipinski definition) is 0. The topological polar surface area (TPSA) is 16.8 Å². The van der Waals surface area contributed by atoms with Crippen LogP contribution in [0.2, 0.25) is 0 Å². The molecule has 8 heavy (non-hydrogen) atoms. The smallest absolute Gasteiger partial charge is 0.0771 e. The van der Waals surface area contributed by atoms with E-state index in [9.17, 15) is 0 Å². The van der Waals surface area contributed by atoms with Gasteiger partial charge in [0, 0.05) is 11.5 Å². The van der Waals surface area contributed by atoms with Gasteiger partial charge >= 0.3 is 0 Å². The Morgan fingerprint density at radius 2 is 2.38 bits per heavy atom. The van der Waals surface area contributed by atoms with Crippen molar-refractivity contribution >= 4 is 11.5 Å². The Balaban J connectivity index is 2.77. The van der Waals surface area contributed by atoms with E-state index in [0.717, 1.165) is 0 Å². The van der Waals surface area contributed by atoms with Crippen LogP contribution in [-0.2, 0) is 0 Å². The standard InChI is InChI=1S/C5H9N2S/c1-5(2)7-3-4-8-6-7/h3-5H,1-2H3/q+1. The third-order valence-electron chi connectivity index (χ3n) is 0.945. The molecule has 0 fully saturated rings. The number of nitrogens with zero attached hydrogens (tertiary/aromatic N) is 2. The highest BCUT2D eigenvalue weighted by Crippen LogP contribution is 1.89. The largest absolute Gasteiger partial charge is 0.209 e. The summed E-state index contributed by atoms with van der Waals surface area (Å²) in [6.07, 6.45) is 1.98. The maximum atomic E-state index is 4.07. The van der Waals surface area contributed by atoms with E-state index in [2.05, 4.69) is 18.3 Å². The highest BCUT2D eigenvalue weighted by Gasteiger charge is 2.05. The molecule has 0 N–H and O–H groups in total. The first-order chi connectivity index (χ1) is 3.80. The van der Waals surface area contributed by atoms with Crippen molar-refractivity contribution in [3.63, 3.8) is 0 Å². The minimum Gasteiger partial charge on any atom is -0.0771 e. The van der Waals surface area contributed by atoms with E-state index >= 15 is 0 Å². The molecule has 0 spiro atoms. The van der Waals surface area contributed by atoms with Gasteiger partial charge in [-0.05, 0) is 13.8 Å². The first-order valence-corrected chi connectivity index (χ1v) is 3.46. The van der Waals surface area contributed by atoms with E-state index in [4.69, 9.17) is 0 Å². The summed E-state index contributed by atoms with van der Waals surface area (Å²) in [6.45, 7) is 4.22. The predicted molar refractivity (Wildman–Crippen MR) is 32.7 cm³/mol. The van der Waals surface area contributed by atoms with Crippen LogP contribution in [0.4, 0.5) is 0 Å². The van der Waals surface area contributed by atoms with Crippen LogP contribution in [0.3, 0.4) is 0 Å². The molecule has 44 valence electrons. The van der Waals surface area contributed by atoms with E-state index in [0.29, 0.717) is 6.04 Å². The van der Waals surface area contributed by atoms with Crippen LogP contribution < -0.4 is 4.68 Å². The summed E-state index contributed by atoms with van der Waals surface area (Å²) < 4.78 is 6.01. The average Bonchev–Trinajstić information content (AvgIpc) is 2.12. The highest BCUT2D eigenvalue weighted by molar-refractivity contribution is 7.03. The van der Waals surface area contributed by atoms with Crippen molar-refractivity contribution < 1.29 is 4.68 Å². The number of aromatic nitrogens is 2. The molecule has 0 amide bonds. The normalized spacial score (nSPS) is 10.4. The molecule has 0 saturated carbocycles. The van der Waals surface area contributed by atoms with Crippen molar-refractivity contribution in [2.24, 2.45) is 0 Å². The van der Waals surface area contributed by atoms with E-state index in [1.807, 2.05) is 16.3 Å². The molecule has 0 aliphatic heterocycles. The van der Waals surface area contributed by atoms with Crippen molar-refractivity contribution in [3.05, 3.63) is 11.6 Å². The second kappa shape index (κ2) is 2.22. The molecule has 0 aliphatic carbocycles. The molecule has 0 unspecified atom stereocenters. The van der Waals surface area contributed by atoms with Gasteiger partial charge in [-0.2, -0.15) is 0 Å². The molecule has 0 atom stereocenters. The Morgan fingerprint density at radius 3 is 2.62 bits per heavy atom. The summed E-state index contributed by atoms with van der Waals surface area (Å²) in [7, 11) is 0. The zero-order chi connectivity index (χ0) is 5.98. The Bertz CT molecular complexity index is 145. The lowest BCUT2D eigenvalue weighted by Crippen LogP contribution is -2.36. The molecule has 0 aromatic carbocycles. The molecule has 1 heterocycles. The SMILES string of the molecule is CC(C)[n+]1ccsn1. The molecular formula is C5H9N2S+. The quantitative estimate of drug-likeness (QED) is 0.517. The van der Waals surface area contributed by atoms with Gasteiger partial charge < -0.3 is 0 Å². The maximum Gasteiger partial charge on any atom is 0.209 e. The van der Waals surface area contributed by atoms with E-state index in [1.165, 1.54) is 11.5 Å². The third kappa shape index (κ3) is 1.04. The lowest BCUT2D eigenvalue weighted by atomic mass is 10.4. The second-order valence-electron chi connectivity index (χ2n) is 1.95. The summed E-state index contributed by atoms with van der Waals surface area (Å²) in [5, 5.41) is 1.97. The van der Waals surface area contributed by atoms with Gasteiger partial charge in [-0.25, -0.2) is 0 Å². The Labute approximate surface area is 52.9 Å². The van der Waals surface area contributed by atoms with Gasteiger partial charge in [-0.15, -0.1) is 0 Å². The molecule has 0 aliphatic rings. The number of hydrogen-bond acceptors (Lipinski definition) is 2. The first-order valence-electron chi connectivity index (χ1n) is 2.62. The molecule has 2 nitrogen and oxygen atoms in total. The molecule has 0 bridgehead atoms. The van der Waals surface area contributed by atoms with Crippen molar-refractivity contribution in [3.8, 4) is 0 Å². The van der Waals surface area contributed by atoms with Gasteiger partial charge in [0.05, 0.1) is 9.87 Å². The van der Waals surface area contributed by atoms with E-state index < -0.39 is 0 Å². The lowest BCUT2D eigenvalue weighted by Gasteiger charge is -1.86.